The summed E-state index contributed by atoms with van der Waals surface area (Å²) >= 11 is 15.1. The Kier molecular flexibility index (Phi) is 4.28. The quantitative estimate of drug-likeness (QED) is 0.444. The Hall–Kier alpha value is -1.86. The van der Waals surface area contributed by atoms with Gasteiger partial charge in [-0.05, 0) is 24.3 Å². The van der Waals surface area contributed by atoms with Gasteiger partial charge in [-0.25, -0.2) is 9.97 Å². The Balaban J connectivity index is 1.61. The molecule has 0 bridgehead atoms. The smallest absolute Gasteiger partial charge is 0.189 e. The van der Waals surface area contributed by atoms with Crippen molar-refractivity contribution in [2.24, 2.45) is 0 Å². The third-order valence-electron chi connectivity index (χ3n) is 3.24. The number of aromatic nitrogens is 2. The molecule has 4 aromatic rings. The highest BCUT2D eigenvalue weighted by Crippen LogP contribution is 2.30. The van der Waals surface area contributed by atoms with Crippen LogP contribution in [0.5, 0.6) is 0 Å². The lowest BCUT2D eigenvalue weighted by Crippen LogP contribution is -2.10. The van der Waals surface area contributed by atoms with E-state index in [4.69, 9.17) is 23.2 Å². The summed E-state index contributed by atoms with van der Waals surface area (Å²) in [7, 11) is 0. The van der Waals surface area contributed by atoms with Crippen LogP contribution in [0.1, 0.15) is 0 Å². The fourth-order valence-electron chi connectivity index (χ4n) is 2.19. The molecule has 2 heterocycles. The zero-order valence-electron chi connectivity index (χ0n) is 12.1. The molecule has 0 aliphatic heterocycles. The molecule has 0 aliphatic carbocycles. The van der Waals surface area contributed by atoms with Crippen LogP contribution in [0.2, 0.25) is 0 Å². The highest BCUT2D eigenvalue weighted by atomic mass is 35.5. The standard InChI is InChI=1S/C16H10Cl2N4S2/c17-13(18)14(21-15-19-9-5-1-3-7-11(9)23-15)22-16-20-10-6-2-4-8-12(10)24-16/h1-8H,(H,19,21)(H,20,22). The predicted molar refractivity (Wildman–Crippen MR) is 105 cm³/mol. The lowest BCUT2D eigenvalue weighted by Gasteiger charge is -2.09. The molecule has 120 valence electrons. The number of halogens is 2. The average Bonchev–Trinajstić information content (AvgIpc) is 3.16. The van der Waals surface area contributed by atoms with Crippen LogP contribution in [0.25, 0.3) is 20.4 Å². The summed E-state index contributed by atoms with van der Waals surface area (Å²) in [6.07, 6.45) is 0. The molecule has 2 N–H and O–H groups in total. The van der Waals surface area contributed by atoms with Crippen LogP contribution in [0.3, 0.4) is 0 Å². The van der Waals surface area contributed by atoms with E-state index in [0.717, 1.165) is 20.4 Å². The number of nitrogens with zero attached hydrogens (tertiary/aromatic N) is 2. The fraction of sp³-hybridized carbons (Fsp3) is 0. The summed E-state index contributed by atoms with van der Waals surface area (Å²) in [6, 6.07) is 15.8. The average molecular weight is 393 g/mol. The van der Waals surface area contributed by atoms with E-state index in [9.17, 15) is 0 Å². The molecule has 2 aromatic carbocycles. The lowest BCUT2D eigenvalue weighted by molar-refractivity contribution is 1.31. The summed E-state index contributed by atoms with van der Waals surface area (Å²) in [5, 5.41) is 7.69. The summed E-state index contributed by atoms with van der Waals surface area (Å²) in [6.45, 7) is 0. The van der Waals surface area contributed by atoms with Gasteiger partial charge in [-0.1, -0.05) is 70.1 Å². The molecule has 2 aromatic heterocycles. The normalized spacial score (nSPS) is 10.9. The maximum absolute atomic E-state index is 6.01. The fourth-order valence-corrected chi connectivity index (χ4v) is 4.12. The third-order valence-corrected chi connectivity index (χ3v) is 5.52. The minimum absolute atomic E-state index is 0.0912. The molecule has 0 atom stereocenters. The highest BCUT2D eigenvalue weighted by Gasteiger charge is 2.11. The van der Waals surface area contributed by atoms with E-state index in [1.807, 2.05) is 48.5 Å². The molecule has 0 saturated carbocycles. The summed E-state index contributed by atoms with van der Waals surface area (Å²) in [5.74, 6) is 0.455. The van der Waals surface area contributed by atoms with Crippen molar-refractivity contribution in [3.63, 3.8) is 0 Å². The molecule has 8 heteroatoms. The zero-order chi connectivity index (χ0) is 16.5. The zero-order valence-corrected chi connectivity index (χ0v) is 15.2. The van der Waals surface area contributed by atoms with Gasteiger partial charge in [0.15, 0.2) is 10.3 Å². The van der Waals surface area contributed by atoms with Gasteiger partial charge in [0.2, 0.25) is 0 Å². The number of anilines is 2. The van der Waals surface area contributed by atoms with Gasteiger partial charge in [-0.3, -0.25) is 0 Å². The minimum Gasteiger partial charge on any atom is -0.316 e. The van der Waals surface area contributed by atoms with E-state index >= 15 is 0 Å². The maximum atomic E-state index is 6.01. The van der Waals surface area contributed by atoms with Crippen LogP contribution in [-0.4, -0.2) is 9.97 Å². The number of thiazole rings is 2. The first kappa shape index (κ1) is 15.7. The van der Waals surface area contributed by atoms with Crippen LogP contribution >= 0.6 is 45.9 Å². The van der Waals surface area contributed by atoms with Gasteiger partial charge < -0.3 is 10.6 Å². The summed E-state index contributed by atoms with van der Waals surface area (Å²) in [5.41, 5.74) is 1.85. The first-order chi connectivity index (χ1) is 11.7. The van der Waals surface area contributed by atoms with Crippen molar-refractivity contribution in [3.05, 3.63) is 58.8 Å². The third kappa shape index (κ3) is 3.18. The van der Waals surface area contributed by atoms with Gasteiger partial charge in [0.25, 0.3) is 0 Å². The van der Waals surface area contributed by atoms with Crippen LogP contribution < -0.4 is 10.6 Å². The Morgan fingerprint density at radius 1 is 0.750 bits per heavy atom. The first-order valence-electron chi connectivity index (χ1n) is 6.99. The van der Waals surface area contributed by atoms with E-state index in [-0.39, 0.29) is 4.49 Å². The number of rotatable bonds is 4. The first-order valence-corrected chi connectivity index (χ1v) is 9.38. The van der Waals surface area contributed by atoms with E-state index in [2.05, 4.69) is 20.6 Å². The van der Waals surface area contributed by atoms with Gasteiger partial charge in [0.1, 0.15) is 10.3 Å². The number of fused-ring (bicyclic) bond motifs is 2. The van der Waals surface area contributed by atoms with Crippen molar-refractivity contribution < 1.29 is 0 Å². The Morgan fingerprint density at radius 3 is 1.62 bits per heavy atom. The van der Waals surface area contributed by atoms with Crippen molar-refractivity contribution in [3.8, 4) is 0 Å². The van der Waals surface area contributed by atoms with Gasteiger partial charge in [-0.15, -0.1) is 0 Å². The van der Waals surface area contributed by atoms with Crippen molar-refractivity contribution in [1.29, 1.82) is 0 Å². The second-order valence-electron chi connectivity index (χ2n) is 4.86. The molecule has 0 amide bonds. The molecule has 4 nitrogen and oxygen atoms in total. The van der Waals surface area contributed by atoms with Crippen molar-refractivity contribution in [1.82, 2.24) is 9.97 Å². The van der Waals surface area contributed by atoms with Gasteiger partial charge in [-0.2, -0.15) is 0 Å². The predicted octanol–water partition coefficient (Wildman–Crippen LogP) is 6.03. The molecular formula is C16H10Cl2N4S2. The monoisotopic (exact) mass is 392 g/mol. The largest absolute Gasteiger partial charge is 0.316 e. The second-order valence-corrected chi connectivity index (χ2v) is 7.87. The van der Waals surface area contributed by atoms with Crippen molar-refractivity contribution in [2.45, 2.75) is 0 Å². The van der Waals surface area contributed by atoms with E-state index in [0.29, 0.717) is 16.1 Å². The molecule has 0 unspecified atom stereocenters. The number of hydrogen-bond acceptors (Lipinski definition) is 6. The van der Waals surface area contributed by atoms with Gasteiger partial charge in [0.05, 0.1) is 20.4 Å². The van der Waals surface area contributed by atoms with E-state index in [1.54, 1.807) is 0 Å². The number of para-hydroxylation sites is 2. The molecule has 0 radical (unpaired) electrons. The van der Waals surface area contributed by atoms with Crippen molar-refractivity contribution >= 4 is 76.6 Å². The molecule has 0 aliphatic rings. The Labute approximate surface area is 155 Å². The second kappa shape index (κ2) is 6.57. The summed E-state index contributed by atoms with van der Waals surface area (Å²) < 4.78 is 2.27. The molecule has 24 heavy (non-hydrogen) atoms. The highest BCUT2D eigenvalue weighted by molar-refractivity contribution is 7.22. The topological polar surface area (TPSA) is 49.8 Å². The molecule has 0 spiro atoms. The Bertz CT molecular complexity index is 906. The van der Waals surface area contributed by atoms with Crippen LogP contribution in [0.15, 0.2) is 58.8 Å². The van der Waals surface area contributed by atoms with Crippen LogP contribution in [-0.2, 0) is 0 Å². The van der Waals surface area contributed by atoms with Crippen LogP contribution in [0.4, 0.5) is 10.3 Å². The number of benzene rings is 2. The Morgan fingerprint density at radius 2 is 1.21 bits per heavy atom. The number of nitrogens with one attached hydrogen (secondary N) is 2. The number of hydrogen-bond donors (Lipinski definition) is 2. The SMILES string of the molecule is ClC(Cl)=C(Nc1nc2ccccc2s1)Nc1nc2ccccc2s1. The lowest BCUT2D eigenvalue weighted by atomic mass is 10.3. The van der Waals surface area contributed by atoms with Gasteiger partial charge >= 0.3 is 0 Å². The maximum Gasteiger partial charge on any atom is 0.189 e. The van der Waals surface area contributed by atoms with Gasteiger partial charge in [0, 0.05) is 0 Å². The minimum atomic E-state index is 0.0912. The molecule has 0 fully saturated rings. The van der Waals surface area contributed by atoms with E-state index in [1.165, 1.54) is 22.7 Å². The van der Waals surface area contributed by atoms with E-state index < -0.39 is 0 Å². The van der Waals surface area contributed by atoms with Crippen molar-refractivity contribution in [2.75, 3.05) is 10.6 Å². The molecule has 0 saturated heterocycles. The molecular weight excluding hydrogens is 383 g/mol. The molecule has 4 rings (SSSR count). The summed E-state index contributed by atoms with van der Waals surface area (Å²) in [4.78, 5) is 9.04. The van der Waals surface area contributed by atoms with Crippen LogP contribution in [0, 0.1) is 0 Å².